The molecule has 0 nitrogen and oxygen atoms in total. The van der Waals surface area contributed by atoms with Crippen LogP contribution in [0.15, 0.2) is 0 Å². The fraction of sp³-hybridized carbons (Fsp3) is 1.00. The maximum absolute atomic E-state index is 2.44. The molecule has 1 rings (SSSR count). The SMILES string of the molecule is CC1(C)CCC(C)(C)CC(C)(C)CC1. The normalized spacial score (nSPS) is 30.4. The molecule has 0 spiro atoms. The minimum absolute atomic E-state index is 0.543. The average Bonchev–Trinajstić information content (AvgIpc) is 1.96. The van der Waals surface area contributed by atoms with Gasteiger partial charge in [-0.15, -0.1) is 0 Å². The molecule has 0 bridgehead atoms. The van der Waals surface area contributed by atoms with Gasteiger partial charge in [0.25, 0.3) is 0 Å². The largest absolute Gasteiger partial charge is 0.0599 e. The lowest BCUT2D eigenvalue weighted by atomic mass is 9.64. The van der Waals surface area contributed by atoms with Crippen LogP contribution in [0.4, 0.5) is 0 Å². The highest BCUT2D eigenvalue weighted by Crippen LogP contribution is 2.47. The zero-order valence-corrected chi connectivity index (χ0v) is 11.0. The minimum Gasteiger partial charge on any atom is -0.0599 e. The predicted molar refractivity (Wildman–Crippen MR) is 64.4 cm³/mol. The van der Waals surface area contributed by atoms with E-state index in [1.54, 1.807) is 0 Å². The molecule has 0 heteroatoms. The second-order valence-corrected chi connectivity index (χ2v) is 7.67. The molecule has 0 aromatic heterocycles. The summed E-state index contributed by atoms with van der Waals surface area (Å²) in [5.41, 5.74) is 1.65. The first-order chi connectivity index (χ1) is 6.12. The van der Waals surface area contributed by atoms with Crippen molar-refractivity contribution < 1.29 is 0 Å². The number of hydrogen-bond acceptors (Lipinski definition) is 0. The molecule has 0 atom stereocenters. The molecule has 0 radical (unpaired) electrons. The van der Waals surface area contributed by atoms with Crippen molar-refractivity contribution in [1.29, 1.82) is 0 Å². The summed E-state index contributed by atoms with van der Waals surface area (Å²) < 4.78 is 0. The molecule has 0 amide bonds. The first kappa shape index (κ1) is 12.1. The third-order valence-corrected chi connectivity index (χ3v) is 3.91. The van der Waals surface area contributed by atoms with Crippen LogP contribution in [0.2, 0.25) is 0 Å². The van der Waals surface area contributed by atoms with Crippen LogP contribution in [-0.2, 0) is 0 Å². The van der Waals surface area contributed by atoms with Crippen LogP contribution < -0.4 is 0 Å². The van der Waals surface area contributed by atoms with Gasteiger partial charge in [0.15, 0.2) is 0 Å². The van der Waals surface area contributed by atoms with Crippen molar-refractivity contribution in [2.75, 3.05) is 0 Å². The van der Waals surface area contributed by atoms with Gasteiger partial charge >= 0.3 is 0 Å². The molecule has 0 aromatic rings. The van der Waals surface area contributed by atoms with Gasteiger partial charge in [0.05, 0.1) is 0 Å². The number of rotatable bonds is 0. The van der Waals surface area contributed by atoms with Gasteiger partial charge in [-0.3, -0.25) is 0 Å². The highest BCUT2D eigenvalue weighted by atomic mass is 14.4. The van der Waals surface area contributed by atoms with Gasteiger partial charge in [0.1, 0.15) is 0 Å². The molecule has 0 heterocycles. The lowest BCUT2D eigenvalue weighted by molar-refractivity contribution is 0.0973. The Bertz CT molecular complexity index is 176. The summed E-state index contributed by atoms with van der Waals surface area (Å²) in [7, 11) is 0. The topological polar surface area (TPSA) is 0 Å². The van der Waals surface area contributed by atoms with E-state index in [2.05, 4.69) is 41.5 Å². The van der Waals surface area contributed by atoms with Crippen LogP contribution in [0.25, 0.3) is 0 Å². The Morgan fingerprint density at radius 1 is 0.500 bits per heavy atom. The van der Waals surface area contributed by atoms with E-state index in [0.717, 1.165) is 0 Å². The highest BCUT2D eigenvalue weighted by Gasteiger charge is 2.34. The Kier molecular flexibility index (Phi) is 3.05. The van der Waals surface area contributed by atoms with E-state index in [0.29, 0.717) is 16.2 Å². The molecule has 1 saturated carbocycles. The zero-order chi connectivity index (χ0) is 11.0. The Labute approximate surface area is 90.5 Å². The molecule has 0 aliphatic heterocycles. The molecule has 84 valence electrons. The summed E-state index contributed by atoms with van der Waals surface area (Å²) in [6, 6.07) is 0. The van der Waals surface area contributed by atoms with Crippen molar-refractivity contribution in [1.82, 2.24) is 0 Å². The molecule has 14 heavy (non-hydrogen) atoms. The van der Waals surface area contributed by atoms with E-state index in [1.165, 1.54) is 32.1 Å². The van der Waals surface area contributed by atoms with Crippen molar-refractivity contribution in [3.05, 3.63) is 0 Å². The summed E-state index contributed by atoms with van der Waals surface area (Å²) >= 11 is 0. The van der Waals surface area contributed by atoms with E-state index in [4.69, 9.17) is 0 Å². The van der Waals surface area contributed by atoms with Crippen LogP contribution in [-0.4, -0.2) is 0 Å². The Morgan fingerprint density at radius 3 is 1.14 bits per heavy atom. The van der Waals surface area contributed by atoms with Gasteiger partial charge in [-0.2, -0.15) is 0 Å². The van der Waals surface area contributed by atoms with E-state index in [-0.39, 0.29) is 0 Å². The Hall–Kier alpha value is 0. The van der Waals surface area contributed by atoms with Crippen molar-refractivity contribution in [2.45, 2.75) is 73.6 Å². The quantitative estimate of drug-likeness (QED) is 0.510. The summed E-state index contributed by atoms with van der Waals surface area (Å²) in [5, 5.41) is 0. The minimum atomic E-state index is 0.543. The third-order valence-electron chi connectivity index (χ3n) is 3.91. The molecule has 0 aromatic carbocycles. The maximum atomic E-state index is 2.44. The van der Waals surface area contributed by atoms with Gasteiger partial charge in [-0.25, -0.2) is 0 Å². The first-order valence-corrected chi connectivity index (χ1v) is 6.12. The Balaban J connectivity index is 2.75. The predicted octanol–water partition coefficient (Wildman–Crippen LogP) is 5.03. The maximum Gasteiger partial charge on any atom is -0.0349 e. The van der Waals surface area contributed by atoms with Gasteiger partial charge < -0.3 is 0 Å². The smallest absolute Gasteiger partial charge is 0.0349 e. The molecular formula is C14H28. The molecule has 0 unspecified atom stereocenters. The van der Waals surface area contributed by atoms with E-state index in [9.17, 15) is 0 Å². The lowest BCUT2D eigenvalue weighted by Gasteiger charge is -2.42. The van der Waals surface area contributed by atoms with Crippen molar-refractivity contribution in [2.24, 2.45) is 16.2 Å². The molecule has 1 aliphatic carbocycles. The van der Waals surface area contributed by atoms with Gasteiger partial charge in [-0.1, -0.05) is 41.5 Å². The Morgan fingerprint density at radius 2 is 0.786 bits per heavy atom. The van der Waals surface area contributed by atoms with Gasteiger partial charge in [0, 0.05) is 0 Å². The van der Waals surface area contributed by atoms with Crippen molar-refractivity contribution in [3.63, 3.8) is 0 Å². The number of hydrogen-bond donors (Lipinski definition) is 0. The van der Waals surface area contributed by atoms with Crippen LogP contribution in [0.1, 0.15) is 73.6 Å². The van der Waals surface area contributed by atoms with Crippen LogP contribution in [0.5, 0.6) is 0 Å². The fourth-order valence-corrected chi connectivity index (χ4v) is 2.95. The van der Waals surface area contributed by atoms with Crippen LogP contribution >= 0.6 is 0 Å². The standard InChI is InChI=1S/C14H28/c1-12(2)7-9-13(3,4)11-14(5,6)10-8-12/h7-11H2,1-6H3. The van der Waals surface area contributed by atoms with Crippen molar-refractivity contribution >= 4 is 0 Å². The van der Waals surface area contributed by atoms with E-state index < -0.39 is 0 Å². The van der Waals surface area contributed by atoms with Crippen molar-refractivity contribution in [3.8, 4) is 0 Å². The van der Waals surface area contributed by atoms with E-state index >= 15 is 0 Å². The first-order valence-electron chi connectivity index (χ1n) is 6.12. The molecule has 1 aliphatic rings. The van der Waals surface area contributed by atoms with Gasteiger partial charge in [0.2, 0.25) is 0 Å². The summed E-state index contributed by atoms with van der Waals surface area (Å²) in [5.74, 6) is 0. The van der Waals surface area contributed by atoms with Crippen LogP contribution in [0.3, 0.4) is 0 Å². The molecule has 0 saturated heterocycles. The lowest BCUT2D eigenvalue weighted by Crippen LogP contribution is -2.30. The molecule has 1 fully saturated rings. The highest BCUT2D eigenvalue weighted by molar-refractivity contribution is 4.86. The average molecular weight is 196 g/mol. The fourth-order valence-electron chi connectivity index (χ4n) is 2.95. The summed E-state index contributed by atoms with van der Waals surface area (Å²) in [6.07, 6.45) is 6.97. The second-order valence-electron chi connectivity index (χ2n) is 7.67. The third kappa shape index (κ3) is 3.63. The second kappa shape index (κ2) is 3.54. The van der Waals surface area contributed by atoms with E-state index in [1.807, 2.05) is 0 Å². The zero-order valence-electron chi connectivity index (χ0n) is 11.0. The summed E-state index contributed by atoms with van der Waals surface area (Å²) in [6.45, 7) is 14.6. The van der Waals surface area contributed by atoms with Crippen LogP contribution in [0, 0.1) is 16.2 Å². The molecule has 0 N–H and O–H groups in total. The monoisotopic (exact) mass is 196 g/mol. The molecular weight excluding hydrogens is 168 g/mol. The van der Waals surface area contributed by atoms with Gasteiger partial charge in [-0.05, 0) is 48.3 Å². The summed E-state index contributed by atoms with van der Waals surface area (Å²) in [4.78, 5) is 0.